The molecule has 1 heterocycles. The summed E-state index contributed by atoms with van der Waals surface area (Å²) >= 11 is 0. The molecule has 2 rings (SSSR count). The van der Waals surface area contributed by atoms with Gasteiger partial charge in [-0.3, -0.25) is 0 Å². The number of rotatable bonds is 5. The molecule has 168 valence electrons. The molecular formula is C23H38N2O4Si. The third-order valence-corrected chi connectivity index (χ3v) is 7.91. The van der Waals surface area contributed by atoms with Crippen LogP contribution in [0.1, 0.15) is 57.6 Å². The maximum absolute atomic E-state index is 12.5. The van der Waals surface area contributed by atoms with Crippen molar-refractivity contribution in [1.29, 1.82) is 0 Å². The van der Waals surface area contributed by atoms with E-state index < -0.39 is 19.8 Å². The lowest BCUT2D eigenvalue weighted by Crippen LogP contribution is -2.57. The Morgan fingerprint density at radius 2 is 1.93 bits per heavy atom. The highest BCUT2D eigenvalue weighted by atomic mass is 28.3. The molecule has 2 unspecified atom stereocenters. The molecule has 2 amide bonds. The molecule has 2 atom stereocenters. The zero-order valence-electron chi connectivity index (χ0n) is 19.6. The average Bonchev–Trinajstić information content (AvgIpc) is 2.64. The number of likely N-dealkylation sites (tertiary alicyclic amines) is 1. The van der Waals surface area contributed by atoms with Crippen LogP contribution in [0.25, 0.3) is 0 Å². The highest BCUT2D eigenvalue weighted by Crippen LogP contribution is 2.36. The minimum Gasteiger partial charge on any atom is -0.450 e. The second-order valence-electron chi connectivity index (χ2n) is 10.1. The number of carbonyl (C=O) groups is 2. The fourth-order valence-corrected chi connectivity index (χ4v) is 6.12. The Bertz CT molecular complexity index is 739. The lowest BCUT2D eigenvalue weighted by atomic mass is 9.88. The molecule has 1 N–H and O–H groups in total. The van der Waals surface area contributed by atoms with Crippen molar-refractivity contribution in [1.82, 2.24) is 10.2 Å². The number of alkyl carbamates (subject to hydrolysis) is 1. The van der Waals surface area contributed by atoms with E-state index in [1.165, 1.54) is 5.56 Å². The number of carbonyl (C=O) groups excluding carboxylic acids is 2. The van der Waals surface area contributed by atoms with Crippen molar-refractivity contribution in [3.63, 3.8) is 0 Å². The van der Waals surface area contributed by atoms with Gasteiger partial charge >= 0.3 is 12.2 Å². The fraction of sp³-hybridized carbons (Fsp3) is 0.652. The summed E-state index contributed by atoms with van der Waals surface area (Å²) in [4.78, 5) is 26.4. The largest absolute Gasteiger partial charge is 0.450 e. The standard InChI is InChI=1S/C23H38N2O4Si/c1-8-28-22(27)25-13-12-19(15-20(25)30(5,6)7)18-11-9-10-17(14-18)16-24-21(26)29-23(2,3)4/h9-11,14,19-20H,8,12-13,15-16H2,1-7H3,(H,24,26). The minimum atomic E-state index is -1.60. The van der Waals surface area contributed by atoms with Crippen molar-refractivity contribution in [2.75, 3.05) is 13.2 Å². The summed E-state index contributed by atoms with van der Waals surface area (Å²) in [7, 11) is -1.60. The maximum atomic E-state index is 12.5. The van der Waals surface area contributed by atoms with Crippen LogP contribution in [0.4, 0.5) is 9.59 Å². The number of amides is 2. The summed E-state index contributed by atoms with van der Waals surface area (Å²) in [5, 5.41) is 2.83. The molecule has 0 aliphatic carbocycles. The van der Waals surface area contributed by atoms with Crippen LogP contribution in [0.2, 0.25) is 19.6 Å². The van der Waals surface area contributed by atoms with Crippen molar-refractivity contribution in [3.05, 3.63) is 35.4 Å². The number of nitrogens with one attached hydrogen (secondary N) is 1. The van der Waals surface area contributed by atoms with Gasteiger partial charge in [-0.05, 0) is 57.6 Å². The molecule has 0 radical (unpaired) electrons. The minimum absolute atomic E-state index is 0.182. The molecule has 1 saturated heterocycles. The quantitative estimate of drug-likeness (QED) is 0.639. The Balaban J connectivity index is 2.08. The van der Waals surface area contributed by atoms with Gasteiger partial charge in [-0.25, -0.2) is 9.59 Å². The predicted octanol–water partition coefficient (Wildman–Crippen LogP) is 5.29. The summed E-state index contributed by atoms with van der Waals surface area (Å²) in [6.07, 6.45) is 1.29. The molecule has 0 aromatic heterocycles. The van der Waals surface area contributed by atoms with Gasteiger partial charge in [0.2, 0.25) is 0 Å². The first-order chi connectivity index (χ1) is 13.9. The molecule has 6 nitrogen and oxygen atoms in total. The molecule has 0 spiro atoms. The van der Waals surface area contributed by atoms with Crippen LogP contribution in [0.15, 0.2) is 24.3 Å². The van der Waals surface area contributed by atoms with E-state index in [0.717, 1.165) is 24.9 Å². The number of hydrogen-bond acceptors (Lipinski definition) is 4. The number of benzene rings is 1. The van der Waals surface area contributed by atoms with E-state index in [0.29, 0.717) is 19.1 Å². The van der Waals surface area contributed by atoms with Crippen LogP contribution in [0.3, 0.4) is 0 Å². The molecular weight excluding hydrogens is 396 g/mol. The first-order valence-electron chi connectivity index (χ1n) is 10.9. The number of piperidine rings is 1. The second kappa shape index (κ2) is 9.86. The molecule has 1 aliphatic rings. The predicted molar refractivity (Wildman–Crippen MR) is 122 cm³/mol. The summed E-state index contributed by atoms with van der Waals surface area (Å²) in [6, 6.07) is 8.39. The van der Waals surface area contributed by atoms with Crippen LogP contribution in [-0.2, 0) is 16.0 Å². The monoisotopic (exact) mass is 434 g/mol. The van der Waals surface area contributed by atoms with E-state index in [4.69, 9.17) is 9.47 Å². The van der Waals surface area contributed by atoms with Crippen molar-refractivity contribution in [2.24, 2.45) is 0 Å². The molecule has 1 aromatic rings. The lowest BCUT2D eigenvalue weighted by Gasteiger charge is -2.44. The second-order valence-corrected chi connectivity index (χ2v) is 15.5. The van der Waals surface area contributed by atoms with Gasteiger partial charge in [0.05, 0.1) is 14.7 Å². The average molecular weight is 435 g/mol. The SMILES string of the molecule is CCOC(=O)N1CCC(c2cccc(CNC(=O)OC(C)(C)C)c2)CC1[Si](C)(C)C. The molecule has 1 aromatic carbocycles. The first-order valence-corrected chi connectivity index (χ1v) is 14.5. The molecule has 30 heavy (non-hydrogen) atoms. The first kappa shape index (κ1) is 24.2. The third-order valence-electron chi connectivity index (χ3n) is 5.36. The third kappa shape index (κ3) is 7.04. The van der Waals surface area contributed by atoms with Gasteiger partial charge in [-0.15, -0.1) is 0 Å². The summed E-state index contributed by atoms with van der Waals surface area (Å²) in [5.74, 6) is 0.397. The van der Waals surface area contributed by atoms with Crippen molar-refractivity contribution < 1.29 is 19.1 Å². The molecule has 1 aliphatic heterocycles. The van der Waals surface area contributed by atoms with Crippen LogP contribution in [0, 0.1) is 0 Å². The Morgan fingerprint density at radius 1 is 1.23 bits per heavy atom. The molecule has 1 fully saturated rings. The Labute approximate surface area is 182 Å². The lowest BCUT2D eigenvalue weighted by molar-refractivity contribution is 0.0523. The van der Waals surface area contributed by atoms with Crippen molar-refractivity contribution in [2.45, 2.75) is 83.9 Å². The number of hydrogen-bond donors (Lipinski definition) is 1. The van der Waals surface area contributed by atoms with Crippen molar-refractivity contribution >= 4 is 20.3 Å². The van der Waals surface area contributed by atoms with Gasteiger partial charge in [0, 0.05) is 18.8 Å². The maximum Gasteiger partial charge on any atom is 0.409 e. The number of ether oxygens (including phenoxy) is 2. The van der Waals surface area contributed by atoms with Gasteiger partial charge in [-0.1, -0.05) is 43.9 Å². The van der Waals surface area contributed by atoms with Gasteiger partial charge in [0.1, 0.15) is 5.60 Å². The van der Waals surface area contributed by atoms with Gasteiger partial charge in [0.15, 0.2) is 0 Å². The van der Waals surface area contributed by atoms with Crippen LogP contribution in [0.5, 0.6) is 0 Å². The highest BCUT2D eigenvalue weighted by molar-refractivity contribution is 6.77. The van der Waals surface area contributed by atoms with Gasteiger partial charge in [-0.2, -0.15) is 0 Å². The Kier molecular flexibility index (Phi) is 7.97. The summed E-state index contributed by atoms with van der Waals surface area (Å²) in [6.45, 7) is 15.9. The Morgan fingerprint density at radius 3 is 2.53 bits per heavy atom. The van der Waals surface area contributed by atoms with E-state index >= 15 is 0 Å². The topological polar surface area (TPSA) is 67.9 Å². The van der Waals surface area contributed by atoms with Crippen LogP contribution < -0.4 is 5.32 Å². The van der Waals surface area contributed by atoms with Gasteiger partial charge < -0.3 is 19.7 Å². The zero-order valence-corrected chi connectivity index (χ0v) is 20.6. The fourth-order valence-electron chi connectivity index (χ4n) is 3.96. The summed E-state index contributed by atoms with van der Waals surface area (Å²) < 4.78 is 10.6. The highest BCUT2D eigenvalue weighted by Gasteiger charge is 2.40. The van der Waals surface area contributed by atoms with E-state index in [-0.39, 0.29) is 11.8 Å². The normalized spacial score (nSPS) is 19.9. The summed E-state index contributed by atoms with van der Waals surface area (Å²) in [5.41, 5.74) is 2.06. The van der Waals surface area contributed by atoms with Gasteiger partial charge in [0.25, 0.3) is 0 Å². The molecule has 0 bridgehead atoms. The van der Waals surface area contributed by atoms with Crippen LogP contribution in [-0.4, -0.2) is 49.6 Å². The smallest absolute Gasteiger partial charge is 0.409 e. The van der Waals surface area contributed by atoms with Crippen LogP contribution >= 0.6 is 0 Å². The molecule has 7 heteroatoms. The van der Waals surface area contributed by atoms with E-state index in [1.807, 2.05) is 44.7 Å². The van der Waals surface area contributed by atoms with E-state index in [1.54, 1.807) is 0 Å². The van der Waals surface area contributed by atoms with E-state index in [2.05, 4.69) is 37.1 Å². The number of nitrogens with zero attached hydrogens (tertiary/aromatic N) is 1. The molecule has 0 saturated carbocycles. The zero-order chi connectivity index (χ0) is 22.5. The van der Waals surface area contributed by atoms with Crippen molar-refractivity contribution in [3.8, 4) is 0 Å². The Hall–Kier alpha value is -2.02. The van der Waals surface area contributed by atoms with E-state index in [9.17, 15) is 9.59 Å².